The van der Waals surface area contributed by atoms with Gasteiger partial charge in [-0.3, -0.25) is 4.98 Å². The molecule has 5 heteroatoms. The van der Waals surface area contributed by atoms with Gasteiger partial charge in [-0.2, -0.15) is 0 Å². The van der Waals surface area contributed by atoms with E-state index in [2.05, 4.69) is 4.98 Å². The van der Waals surface area contributed by atoms with Crippen LogP contribution in [0.5, 0.6) is 11.5 Å². The van der Waals surface area contributed by atoms with Crippen LogP contribution in [0.3, 0.4) is 0 Å². The van der Waals surface area contributed by atoms with Crippen LogP contribution in [0, 0.1) is 0 Å². The van der Waals surface area contributed by atoms with Gasteiger partial charge < -0.3 is 14.2 Å². The molecule has 0 aliphatic carbocycles. The molecule has 0 amide bonds. The molecule has 114 valence electrons. The van der Waals surface area contributed by atoms with Crippen LogP contribution in [0.1, 0.15) is 21.6 Å². The predicted octanol–water partition coefficient (Wildman–Crippen LogP) is 3.06. The Kier molecular flexibility index (Phi) is 5.14. The molecule has 0 atom stereocenters. The first kappa shape index (κ1) is 15.6. The van der Waals surface area contributed by atoms with Gasteiger partial charge in [-0.1, -0.05) is 0 Å². The molecule has 0 saturated heterocycles. The molecule has 2 aromatic rings. The predicted molar refractivity (Wildman–Crippen MR) is 84.1 cm³/mol. The number of aromatic nitrogens is 1. The number of ether oxygens (including phenoxy) is 3. The average Bonchev–Trinajstić information content (AvgIpc) is 2.59. The average molecular weight is 299 g/mol. The van der Waals surface area contributed by atoms with E-state index in [9.17, 15) is 4.79 Å². The first-order chi connectivity index (χ1) is 10.7. The van der Waals surface area contributed by atoms with Crippen LogP contribution in [0.2, 0.25) is 0 Å². The van der Waals surface area contributed by atoms with Crippen molar-refractivity contribution in [1.29, 1.82) is 0 Å². The molecule has 22 heavy (non-hydrogen) atoms. The molecule has 0 N–H and O–H groups in total. The van der Waals surface area contributed by atoms with Gasteiger partial charge in [0, 0.05) is 17.8 Å². The summed E-state index contributed by atoms with van der Waals surface area (Å²) in [4.78, 5) is 15.9. The first-order valence-corrected chi connectivity index (χ1v) is 6.63. The highest BCUT2D eigenvalue weighted by Gasteiger charge is 2.10. The van der Waals surface area contributed by atoms with E-state index in [1.165, 1.54) is 7.11 Å². The van der Waals surface area contributed by atoms with E-state index >= 15 is 0 Å². The van der Waals surface area contributed by atoms with Crippen molar-refractivity contribution in [2.75, 3.05) is 21.3 Å². The van der Waals surface area contributed by atoms with Crippen LogP contribution in [0.25, 0.3) is 12.2 Å². The third-order valence-electron chi connectivity index (χ3n) is 3.11. The largest absolute Gasteiger partial charge is 0.497 e. The quantitative estimate of drug-likeness (QED) is 0.794. The van der Waals surface area contributed by atoms with Crippen molar-refractivity contribution in [2.45, 2.75) is 0 Å². The van der Waals surface area contributed by atoms with E-state index < -0.39 is 5.97 Å². The Bertz CT molecular complexity index is 695. The summed E-state index contributed by atoms with van der Waals surface area (Å²) in [6.07, 6.45) is 5.20. The van der Waals surface area contributed by atoms with E-state index in [0.717, 1.165) is 5.56 Å². The Labute approximate surface area is 129 Å². The Morgan fingerprint density at radius 2 is 1.91 bits per heavy atom. The number of carbonyl (C=O) groups excluding carboxylic acids is 1. The first-order valence-electron chi connectivity index (χ1n) is 6.63. The summed E-state index contributed by atoms with van der Waals surface area (Å²) < 4.78 is 15.2. The van der Waals surface area contributed by atoms with Crippen LogP contribution in [-0.4, -0.2) is 32.3 Å². The van der Waals surface area contributed by atoms with Gasteiger partial charge in [0.25, 0.3) is 0 Å². The number of esters is 1. The zero-order chi connectivity index (χ0) is 15.9. The van der Waals surface area contributed by atoms with Crippen molar-refractivity contribution < 1.29 is 19.0 Å². The fraction of sp³-hybridized carbons (Fsp3) is 0.176. The number of pyridine rings is 1. The maximum atomic E-state index is 11.7. The minimum absolute atomic E-state index is 0.411. The Balaban J connectivity index is 2.35. The fourth-order valence-corrected chi connectivity index (χ4v) is 1.96. The third kappa shape index (κ3) is 3.44. The maximum Gasteiger partial charge on any atom is 0.340 e. The standard InChI is InChI=1S/C17H17NO4/c1-20-13-8-6-12(16(11-13)21-2)7-9-15-14(17(19)22-3)5-4-10-18-15/h4-11H,1-3H3/b9-7-. The van der Waals surface area contributed by atoms with Crippen LogP contribution in [0.15, 0.2) is 36.5 Å². The highest BCUT2D eigenvalue weighted by Crippen LogP contribution is 2.26. The lowest BCUT2D eigenvalue weighted by atomic mass is 10.1. The van der Waals surface area contributed by atoms with Crippen LogP contribution in [0.4, 0.5) is 0 Å². The Hall–Kier alpha value is -2.82. The molecule has 5 nitrogen and oxygen atoms in total. The number of carbonyl (C=O) groups is 1. The highest BCUT2D eigenvalue weighted by atomic mass is 16.5. The number of hydrogen-bond acceptors (Lipinski definition) is 5. The van der Waals surface area contributed by atoms with Crippen molar-refractivity contribution in [2.24, 2.45) is 0 Å². The van der Waals surface area contributed by atoms with Crippen molar-refractivity contribution >= 4 is 18.1 Å². The molecule has 0 spiro atoms. The van der Waals surface area contributed by atoms with E-state index in [1.54, 1.807) is 44.7 Å². The summed E-state index contributed by atoms with van der Waals surface area (Å²) >= 11 is 0. The van der Waals surface area contributed by atoms with Crippen molar-refractivity contribution in [3.8, 4) is 11.5 Å². The lowest BCUT2D eigenvalue weighted by molar-refractivity contribution is 0.0600. The number of benzene rings is 1. The summed E-state index contributed by atoms with van der Waals surface area (Å²) in [5.74, 6) is 0.961. The molecule has 0 radical (unpaired) electrons. The SMILES string of the molecule is COC(=O)c1cccnc1/C=C\c1ccc(OC)cc1OC. The molecule has 0 unspecified atom stereocenters. The zero-order valence-electron chi connectivity index (χ0n) is 12.7. The molecule has 2 rings (SSSR count). The lowest BCUT2D eigenvalue weighted by Gasteiger charge is -2.07. The number of methoxy groups -OCH3 is 3. The summed E-state index contributed by atoms with van der Waals surface area (Å²) in [7, 11) is 4.53. The van der Waals surface area contributed by atoms with Gasteiger partial charge in [0.2, 0.25) is 0 Å². The molecule has 0 bridgehead atoms. The minimum Gasteiger partial charge on any atom is -0.497 e. The van der Waals surface area contributed by atoms with E-state index in [1.807, 2.05) is 18.2 Å². The molecule has 1 aromatic carbocycles. The molecule has 0 saturated carbocycles. The lowest BCUT2D eigenvalue weighted by Crippen LogP contribution is -2.04. The van der Waals surface area contributed by atoms with Crippen LogP contribution < -0.4 is 9.47 Å². The molecule has 0 aliphatic rings. The number of rotatable bonds is 5. The maximum absolute atomic E-state index is 11.7. The van der Waals surface area contributed by atoms with Crippen molar-refractivity contribution in [3.63, 3.8) is 0 Å². The van der Waals surface area contributed by atoms with Gasteiger partial charge in [0.15, 0.2) is 0 Å². The Morgan fingerprint density at radius 3 is 2.59 bits per heavy atom. The monoisotopic (exact) mass is 299 g/mol. The van der Waals surface area contributed by atoms with Gasteiger partial charge in [-0.15, -0.1) is 0 Å². The van der Waals surface area contributed by atoms with E-state index in [-0.39, 0.29) is 0 Å². The summed E-state index contributed by atoms with van der Waals surface area (Å²) in [5.41, 5.74) is 1.80. The van der Waals surface area contributed by atoms with Gasteiger partial charge in [-0.25, -0.2) is 4.79 Å². The zero-order valence-corrected chi connectivity index (χ0v) is 12.7. The minimum atomic E-state index is -0.422. The second-order valence-electron chi connectivity index (χ2n) is 4.37. The van der Waals surface area contributed by atoms with Crippen LogP contribution >= 0.6 is 0 Å². The summed E-state index contributed by atoms with van der Waals surface area (Å²) in [6.45, 7) is 0. The van der Waals surface area contributed by atoms with Gasteiger partial charge in [0.1, 0.15) is 11.5 Å². The van der Waals surface area contributed by atoms with Gasteiger partial charge in [-0.05, 0) is 36.4 Å². The summed E-state index contributed by atoms with van der Waals surface area (Å²) in [6, 6.07) is 8.86. The van der Waals surface area contributed by atoms with Crippen molar-refractivity contribution in [3.05, 3.63) is 53.3 Å². The normalized spacial score (nSPS) is 10.5. The smallest absolute Gasteiger partial charge is 0.340 e. The van der Waals surface area contributed by atoms with Crippen LogP contribution in [-0.2, 0) is 4.74 Å². The number of nitrogens with zero attached hydrogens (tertiary/aromatic N) is 1. The second kappa shape index (κ2) is 7.26. The highest BCUT2D eigenvalue weighted by molar-refractivity contribution is 5.94. The van der Waals surface area contributed by atoms with Gasteiger partial charge in [0.05, 0.1) is 32.6 Å². The molecule has 0 fully saturated rings. The third-order valence-corrected chi connectivity index (χ3v) is 3.11. The topological polar surface area (TPSA) is 57.7 Å². The molecular formula is C17H17NO4. The summed E-state index contributed by atoms with van der Waals surface area (Å²) in [5, 5.41) is 0. The van der Waals surface area contributed by atoms with E-state index in [4.69, 9.17) is 14.2 Å². The Morgan fingerprint density at radius 1 is 1.09 bits per heavy atom. The fourth-order valence-electron chi connectivity index (χ4n) is 1.96. The van der Waals surface area contributed by atoms with E-state index in [0.29, 0.717) is 22.8 Å². The number of hydrogen-bond donors (Lipinski definition) is 0. The molecule has 1 aromatic heterocycles. The molecular weight excluding hydrogens is 282 g/mol. The molecule has 0 aliphatic heterocycles. The van der Waals surface area contributed by atoms with Crippen molar-refractivity contribution in [1.82, 2.24) is 4.98 Å². The molecule has 1 heterocycles. The second-order valence-corrected chi connectivity index (χ2v) is 4.37. The van der Waals surface area contributed by atoms with Gasteiger partial charge >= 0.3 is 5.97 Å².